The molecular weight excluding hydrogens is 255 g/mol. The van der Waals surface area contributed by atoms with Gasteiger partial charge in [-0.1, -0.05) is 24.3 Å². The fourth-order valence-corrected chi connectivity index (χ4v) is 1.97. The first-order chi connectivity index (χ1) is 9.60. The second-order valence-corrected chi connectivity index (χ2v) is 4.42. The Balaban J connectivity index is 2.38. The van der Waals surface area contributed by atoms with Crippen LogP contribution in [0.4, 0.5) is 4.39 Å². The molecule has 2 rings (SSSR count). The molecule has 1 atom stereocenters. The van der Waals surface area contributed by atoms with Crippen LogP contribution in [0, 0.1) is 17.1 Å². The standard InChI is InChI=1S/C16H13FN2O/c1-11(20)19-16(14-6-8-15(17)9-7-14)13-4-2-12(10-18)3-5-13/h2-9,16H,1H3,(H,19,20)/t16-/m0/s1. The molecule has 2 aromatic carbocycles. The van der Waals surface area contributed by atoms with Crippen molar-refractivity contribution in [2.45, 2.75) is 13.0 Å². The van der Waals surface area contributed by atoms with Crippen molar-refractivity contribution < 1.29 is 9.18 Å². The number of nitriles is 1. The molecular formula is C16H13FN2O. The summed E-state index contributed by atoms with van der Waals surface area (Å²) in [6.07, 6.45) is 0. The highest BCUT2D eigenvalue weighted by atomic mass is 19.1. The van der Waals surface area contributed by atoms with Crippen LogP contribution in [0.3, 0.4) is 0 Å². The second-order valence-electron chi connectivity index (χ2n) is 4.42. The molecule has 0 fully saturated rings. The lowest BCUT2D eigenvalue weighted by molar-refractivity contribution is -0.119. The average molecular weight is 268 g/mol. The van der Waals surface area contributed by atoms with Crippen molar-refractivity contribution >= 4 is 5.91 Å². The van der Waals surface area contributed by atoms with Crippen LogP contribution in [0.1, 0.15) is 29.7 Å². The van der Waals surface area contributed by atoms with Gasteiger partial charge in [-0.25, -0.2) is 4.39 Å². The molecule has 0 radical (unpaired) electrons. The van der Waals surface area contributed by atoms with Crippen molar-refractivity contribution in [3.63, 3.8) is 0 Å². The van der Waals surface area contributed by atoms with Crippen molar-refractivity contribution in [3.8, 4) is 6.07 Å². The Bertz CT molecular complexity index is 642. The van der Waals surface area contributed by atoms with Crippen molar-refractivity contribution in [2.24, 2.45) is 0 Å². The Labute approximate surface area is 116 Å². The van der Waals surface area contributed by atoms with Crippen LogP contribution in [0.15, 0.2) is 48.5 Å². The fraction of sp³-hybridized carbons (Fsp3) is 0.125. The summed E-state index contributed by atoms with van der Waals surface area (Å²) in [4.78, 5) is 11.4. The maximum Gasteiger partial charge on any atom is 0.217 e. The maximum absolute atomic E-state index is 13.0. The van der Waals surface area contributed by atoms with Crippen LogP contribution in [-0.2, 0) is 4.79 Å². The van der Waals surface area contributed by atoms with E-state index in [0.717, 1.165) is 11.1 Å². The van der Waals surface area contributed by atoms with Gasteiger partial charge in [0, 0.05) is 6.92 Å². The molecule has 0 aliphatic heterocycles. The molecule has 20 heavy (non-hydrogen) atoms. The van der Waals surface area contributed by atoms with Gasteiger partial charge >= 0.3 is 0 Å². The van der Waals surface area contributed by atoms with E-state index in [0.29, 0.717) is 5.56 Å². The van der Waals surface area contributed by atoms with Gasteiger partial charge in [-0.2, -0.15) is 5.26 Å². The number of carbonyl (C=O) groups excluding carboxylic acids is 1. The number of benzene rings is 2. The van der Waals surface area contributed by atoms with E-state index < -0.39 is 0 Å². The number of nitrogens with zero attached hydrogens (tertiary/aromatic N) is 1. The van der Waals surface area contributed by atoms with E-state index >= 15 is 0 Å². The van der Waals surface area contributed by atoms with Gasteiger partial charge in [0.05, 0.1) is 17.7 Å². The predicted molar refractivity (Wildman–Crippen MR) is 73.2 cm³/mol. The molecule has 0 spiro atoms. The van der Waals surface area contributed by atoms with Crippen LogP contribution >= 0.6 is 0 Å². The van der Waals surface area contributed by atoms with Crippen LogP contribution in [0.2, 0.25) is 0 Å². The molecule has 0 aliphatic rings. The monoisotopic (exact) mass is 268 g/mol. The number of hydrogen-bond donors (Lipinski definition) is 1. The number of rotatable bonds is 3. The SMILES string of the molecule is CC(=O)N[C@H](c1ccc(F)cc1)c1ccc(C#N)cc1. The van der Waals surface area contributed by atoms with E-state index in [-0.39, 0.29) is 17.8 Å². The molecule has 0 heterocycles. The zero-order chi connectivity index (χ0) is 14.5. The molecule has 1 N–H and O–H groups in total. The summed E-state index contributed by atoms with van der Waals surface area (Å²) in [5.41, 5.74) is 2.17. The zero-order valence-corrected chi connectivity index (χ0v) is 10.9. The van der Waals surface area contributed by atoms with Gasteiger partial charge in [-0.15, -0.1) is 0 Å². The summed E-state index contributed by atoms with van der Waals surface area (Å²) < 4.78 is 13.0. The number of amides is 1. The summed E-state index contributed by atoms with van der Waals surface area (Å²) in [5, 5.41) is 11.6. The van der Waals surface area contributed by atoms with Crippen molar-refractivity contribution in [2.75, 3.05) is 0 Å². The van der Waals surface area contributed by atoms with E-state index in [4.69, 9.17) is 5.26 Å². The van der Waals surface area contributed by atoms with Crippen molar-refractivity contribution in [3.05, 3.63) is 71.0 Å². The number of halogens is 1. The predicted octanol–water partition coefficient (Wildman–Crippen LogP) is 2.92. The molecule has 0 unspecified atom stereocenters. The minimum atomic E-state index is -0.360. The summed E-state index contributed by atoms with van der Waals surface area (Å²) in [6, 6.07) is 14.6. The molecule has 3 nitrogen and oxygen atoms in total. The largest absolute Gasteiger partial charge is 0.345 e. The fourth-order valence-electron chi connectivity index (χ4n) is 1.97. The number of carbonyl (C=O) groups is 1. The molecule has 0 aliphatic carbocycles. The number of nitrogens with one attached hydrogen (secondary N) is 1. The average Bonchev–Trinajstić information content (AvgIpc) is 2.46. The topological polar surface area (TPSA) is 52.9 Å². The van der Waals surface area contributed by atoms with Gasteiger partial charge in [0.1, 0.15) is 5.82 Å². The van der Waals surface area contributed by atoms with Crippen LogP contribution < -0.4 is 5.32 Å². The summed E-state index contributed by atoms with van der Waals surface area (Å²) in [5.74, 6) is -0.501. The van der Waals surface area contributed by atoms with Gasteiger partial charge < -0.3 is 5.32 Å². The van der Waals surface area contributed by atoms with Crippen molar-refractivity contribution in [1.29, 1.82) is 5.26 Å². The third-order valence-corrected chi connectivity index (χ3v) is 2.92. The molecule has 0 aromatic heterocycles. The minimum absolute atomic E-state index is 0.177. The lowest BCUT2D eigenvalue weighted by Gasteiger charge is -2.19. The Morgan fingerprint density at radius 1 is 1.10 bits per heavy atom. The van der Waals surface area contributed by atoms with Crippen LogP contribution in [-0.4, -0.2) is 5.91 Å². The highest BCUT2D eigenvalue weighted by Gasteiger charge is 2.15. The van der Waals surface area contributed by atoms with Gasteiger partial charge in [0.2, 0.25) is 5.91 Å². The van der Waals surface area contributed by atoms with Crippen molar-refractivity contribution in [1.82, 2.24) is 5.32 Å². The first-order valence-corrected chi connectivity index (χ1v) is 6.13. The third-order valence-electron chi connectivity index (χ3n) is 2.92. The lowest BCUT2D eigenvalue weighted by Crippen LogP contribution is -2.26. The summed E-state index contributed by atoms with van der Waals surface area (Å²) >= 11 is 0. The normalized spacial score (nSPS) is 11.4. The lowest BCUT2D eigenvalue weighted by atomic mass is 9.97. The molecule has 0 saturated carbocycles. The van der Waals surface area contributed by atoms with Gasteiger partial charge in [-0.3, -0.25) is 4.79 Å². The summed E-state index contributed by atoms with van der Waals surface area (Å²) in [6.45, 7) is 1.43. The van der Waals surface area contributed by atoms with Gasteiger partial charge in [0.25, 0.3) is 0 Å². The Morgan fingerprint density at radius 3 is 2.05 bits per heavy atom. The Hall–Kier alpha value is -2.67. The van der Waals surface area contributed by atoms with E-state index in [2.05, 4.69) is 5.32 Å². The van der Waals surface area contributed by atoms with E-state index in [1.807, 2.05) is 6.07 Å². The van der Waals surface area contributed by atoms with Gasteiger partial charge in [-0.05, 0) is 35.4 Å². The zero-order valence-electron chi connectivity index (χ0n) is 10.9. The molecule has 0 saturated heterocycles. The summed E-state index contributed by atoms with van der Waals surface area (Å²) in [7, 11) is 0. The molecule has 2 aromatic rings. The highest BCUT2D eigenvalue weighted by molar-refractivity contribution is 5.74. The molecule has 1 amide bonds. The number of hydrogen-bond acceptors (Lipinski definition) is 2. The molecule has 100 valence electrons. The van der Waals surface area contributed by atoms with E-state index in [1.165, 1.54) is 19.1 Å². The second kappa shape index (κ2) is 5.98. The first-order valence-electron chi connectivity index (χ1n) is 6.13. The van der Waals surface area contributed by atoms with E-state index in [9.17, 15) is 9.18 Å². The maximum atomic E-state index is 13.0. The smallest absolute Gasteiger partial charge is 0.217 e. The van der Waals surface area contributed by atoms with Crippen LogP contribution in [0.25, 0.3) is 0 Å². The Kier molecular flexibility index (Phi) is 4.11. The third kappa shape index (κ3) is 3.21. The molecule has 0 bridgehead atoms. The van der Waals surface area contributed by atoms with Gasteiger partial charge in [0.15, 0.2) is 0 Å². The highest BCUT2D eigenvalue weighted by Crippen LogP contribution is 2.22. The Morgan fingerprint density at radius 2 is 1.60 bits per heavy atom. The minimum Gasteiger partial charge on any atom is -0.345 e. The quantitative estimate of drug-likeness (QED) is 0.930. The van der Waals surface area contributed by atoms with E-state index in [1.54, 1.807) is 36.4 Å². The van der Waals surface area contributed by atoms with Crippen LogP contribution in [0.5, 0.6) is 0 Å². The first kappa shape index (κ1) is 13.8. The molecule has 4 heteroatoms.